The number of anilines is 1. The molecule has 0 aliphatic carbocycles. The number of amides is 1. The summed E-state index contributed by atoms with van der Waals surface area (Å²) in [4.78, 5) is 21.7. The first-order valence-corrected chi connectivity index (χ1v) is 9.31. The van der Waals surface area contributed by atoms with Gasteiger partial charge in [0, 0.05) is 28.5 Å². The van der Waals surface area contributed by atoms with Gasteiger partial charge in [-0.25, -0.2) is 4.98 Å². The summed E-state index contributed by atoms with van der Waals surface area (Å²) in [5.41, 5.74) is 5.52. The van der Waals surface area contributed by atoms with Gasteiger partial charge in [0.05, 0.1) is 11.1 Å². The number of carbonyl (C=O) groups is 1. The molecular weight excluding hydrogens is 358 g/mol. The maximum atomic E-state index is 13.0. The minimum absolute atomic E-state index is 0.166. The summed E-state index contributed by atoms with van der Waals surface area (Å²) in [5, 5.41) is 3.83. The van der Waals surface area contributed by atoms with Crippen LogP contribution in [0.1, 0.15) is 32.9 Å². The fourth-order valence-electron chi connectivity index (χ4n) is 3.11. The highest BCUT2D eigenvalue weighted by Crippen LogP contribution is 2.21. The van der Waals surface area contributed by atoms with Crippen molar-refractivity contribution in [1.29, 1.82) is 0 Å². The zero-order chi connectivity index (χ0) is 20.2. The second kappa shape index (κ2) is 7.95. The van der Waals surface area contributed by atoms with Crippen molar-refractivity contribution in [3.63, 3.8) is 0 Å². The van der Waals surface area contributed by atoms with E-state index in [-0.39, 0.29) is 5.91 Å². The Labute approximate surface area is 169 Å². The van der Waals surface area contributed by atoms with Crippen LogP contribution in [0.2, 0.25) is 0 Å². The molecule has 29 heavy (non-hydrogen) atoms. The molecule has 0 aliphatic heterocycles. The summed E-state index contributed by atoms with van der Waals surface area (Å²) < 4.78 is 0. The topological polar surface area (TPSA) is 54.9 Å². The van der Waals surface area contributed by atoms with Gasteiger partial charge in [-0.1, -0.05) is 29.7 Å². The number of hydrogen-bond donors (Lipinski definition) is 1. The molecule has 4 rings (SSSR count). The summed E-state index contributed by atoms with van der Waals surface area (Å²) in [7, 11) is 0. The van der Waals surface area contributed by atoms with Gasteiger partial charge in [-0.2, -0.15) is 0 Å². The van der Waals surface area contributed by atoms with Crippen LogP contribution in [0.15, 0.2) is 72.9 Å². The van der Waals surface area contributed by atoms with Crippen molar-refractivity contribution in [3.05, 3.63) is 101 Å². The Hall–Kier alpha value is -3.97. The molecule has 0 aliphatic rings. The Bertz CT molecular complexity index is 1270. The Morgan fingerprint density at radius 3 is 2.66 bits per heavy atom. The molecule has 0 unspecified atom stereocenters. The van der Waals surface area contributed by atoms with E-state index in [0.717, 1.165) is 27.7 Å². The van der Waals surface area contributed by atoms with Crippen LogP contribution in [0.25, 0.3) is 10.9 Å². The molecule has 140 valence electrons. The van der Waals surface area contributed by atoms with Crippen molar-refractivity contribution in [3.8, 4) is 11.8 Å². The first kappa shape index (κ1) is 18.4. The maximum Gasteiger partial charge on any atom is 0.256 e. The fourth-order valence-corrected chi connectivity index (χ4v) is 3.11. The molecule has 1 N–H and O–H groups in total. The highest BCUT2D eigenvalue weighted by atomic mass is 16.1. The van der Waals surface area contributed by atoms with Crippen LogP contribution in [0.5, 0.6) is 0 Å². The van der Waals surface area contributed by atoms with Crippen molar-refractivity contribution < 1.29 is 4.79 Å². The summed E-state index contributed by atoms with van der Waals surface area (Å²) >= 11 is 0. The van der Waals surface area contributed by atoms with Crippen molar-refractivity contribution in [2.45, 2.75) is 13.8 Å². The minimum Gasteiger partial charge on any atom is -0.322 e. The van der Waals surface area contributed by atoms with E-state index in [2.05, 4.69) is 27.1 Å². The molecule has 0 saturated heterocycles. The lowest BCUT2D eigenvalue weighted by atomic mass is 10.0. The summed E-state index contributed by atoms with van der Waals surface area (Å²) in [5.74, 6) is 5.95. The number of aryl methyl sites for hydroxylation is 2. The van der Waals surface area contributed by atoms with Gasteiger partial charge in [0.1, 0.15) is 5.69 Å². The number of rotatable bonds is 2. The molecule has 2 aromatic carbocycles. The van der Waals surface area contributed by atoms with Gasteiger partial charge in [-0.15, -0.1) is 0 Å². The van der Waals surface area contributed by atoms with Crippen LogP contribution in [-0.4, -0.2) is 15.9 Å². The molecule has 0 bridgehead atoms. The lowest BCUT2D eigenvalue weighted by Gasteiger charge is -2.10. The van der Waals surface area contributed by atoms with Crippen LogP contribution in [0, 0.1) is 25.7 Å². The molecule has 2 heterocycles. The minimum atomic E-state index is -0.166. The van der Waals surface area contributed by atoms with Crippen molar-refractivity contribution in [1.82, 2.24) is 9.97 Å². The Morgan fingerprint density at radius 1 is 0.931 bits per heavy atom. The van der Waals surface area contributed by atoms with Crippen LogP contribution in [-0.2, 0) is 0 Å². The number of pyridine rings is 2. The molecule has 2 aromatic heterocycles. The predicted molar refractivity (Wildman–Crippen MR) is 116 cm³/mol. The first-order valence-electron chi connectivity index (χ1n) is 9.31. The van der Waals surface area contributed by atoms with E-state index in [9.17, 15) is 4.79 Å². The number of benzene rings is 2. The average Bonchev–Trinajstić information content (AvgIpc) is 2.73. The maximum absolute atomic E-state index is 13.0. The lowest BCUT2D eigenvalue weighted by Crippen LogP contribution is -2.13. The van der Waals surface area contributed by atoms with Gasteiger partial charge in [-0.3, -0.25) is 9.78 Å². The van der Waals surface area contributed by atoms with E-state index in [1.54, 1.807) is 6.20 Å². The Balaban J connectivity index is 1.62. The molecule has 1 amide bonds. The van der Waals surface area contributed by atoms with Gasteiger partial charge in [0.25, 0.3) is 5.91 Å². The fraction of sp³-hybridized carbons (Fsp3) is 0.0800. The number of carbonyl (C=O) groups excluding carboxylic acids is 1. The molecule has 0 atom stereocenters. The van der Waals surface area contributed by atoms with Gasteiger partial charge in [0.15, 0.2) is 0 Å². The van der Waals surface area contributed by atoms with Crippen molar-refractivity contribution >= 4 is 22.5 Å². The molecule has 4 aromatic rings. The number of fused-ring (bicyclic) bond motifs is 1. The van der Waals surface area contributed by atoms with Crippen LogP contribution < -0.4 is 5.32 Å². The van der Waals surface area contributed by atoms with Crippen LogP contribution in [0.4, 0.5) is 5.69 Å². The van der Waals surface area contributed by atoms with E-state index in [0.29, 0.717) is 16.9 Å². The molecule has 4 nitrogen and oxygen atoms in total. The highest BCUT2D eigenvalue weighted by molar-refractivity contribution is 6.12. The smallest absolute Gasteiger partial charge is 0.256 e. The third-order valence-electron chi connectivity index (χ3n) is 4.46. The Morgan fingerprint density at radius 2 is 1.83 bits per heavy atom. The quantitative estimate of drug-likeness (QED) is 0.506. The molecular formula is C25H19N3O. The SMILES string of the molecule is Cc1ccc2nc(C)cc(C(=O)Nc3cccc(C#Cc4ccccn4)c3)c2c1. The number of aromatic nitrogens is 2. The third kappa shape index (κ3) is 4.31. The highest BCUT2D eigenvalue weighted by Gasteiger charge is 2.13. The van der Waals surface area contributed by atoms with Crippen molar-refractivity contribution in [2.24, 2.45) is 0 Å². The molecule has 0 spiro atoms. The van der Waals surface area contributed by atoms with E-state index in [1.807, 2.05) is 80.6 Å². The zero-order valence-corrected chi connectivity index (χ0v) is 16.2. The number of hydrogen-bond acceptors (Lipinski definition) is 3. The van der Waals surface area contributed by atoms with Gasteiger partial charge >= 0.3 is 0 Å². The predicted octanol–water partition coefficient (Wildman–Crippen LogP) is 4.90. The van der Waals surface area contributed by atoms with Gasteiger partial charge in [-0.05, 0) is 68.3 Å². The average molecular weight is 377 g/mol. The second-order valence-corrected chi connectivity index (χ2v) is 6.83. The number of nitrogens with one attached hydrogen (secondary N) is 1. The van der Waals surface area contributed by atoms with Gasteiger partial charge in [0.2, 0.25) is 0 Å². The normalized spacial score (nSPS) is 10.3. The van der Waals surface area contributed by atoms with Crippen LogP contribution in [0.3, 0.4) is 0 Å². The summed E-state index contributed by atoms with van der Waals surface area (Å²) in [6.45, 7) is 3.90. The summed E-state index contributed by atoms with van der Waals surface area (Å²) in [6, 6.07) is 20.9. The first-order chi connectivity index (χ1) is 14.1. The molecule has 0 saturated carbocycles. The van der Waals surface area contributed by atoms with E-state index in [1.165, 1.54) is 0 Å². The largest absolute Gasteiger partial charge is 0.322 e. The molecule has 0 radical (unpaired) electrons. The van der Waals surface area contributed by atoms with E-state index >= 15 is 0 Å². The second-order valence-electron chi connectivity index (χ2n) is 6.83. The van der Waals surface area contributed by atoms with Crippen LogP contribution >= 0.6 is 0 Å². The lowest BCUT2D eigenvalue weighted by molar-refractivity contribution is 0.102. The zero-order valence-electron chi connectivity index (χ0n) is 16.2. The van der Waals surface area contributed by atoms with Crippen molar-refractivity contribution in [2.75, 3.05) is 5.32 Å². The molecule has 4 heteroatoms. The van der Waals surface area contributed by atoms with E-state index < -0.39 is 0 Å². The monoisotopic (exact) mass is 377 g/mol. The third-order valence-corrected chi connectivity index (χ3v) is 4.46. The Kier molecular flexibility index (Phi) is 5.05. The number of nitrogens with zero attached hydrogens (tertiary/aromatic N) is 2. The molecule has 0 fully saturated rings. The summed E-state index contributed by atoms with van der Waals surface area (Å²) in [6.07, 6.45) is 1.71. The van der Waals surface area contributed by atoms with Gasteiger partial charge < -0.3 is 5.32 Å². The van der Waals surface area contributed by atoms with E-state index in [4.69, 9.17) is 0 Å². The standard InChI is InChI=1S/C25H19N3O/c1-17-9-12-24-22(14-17)23(15-18(2)27-24)25(29)28-21-8-5-6-19(16-21)10-11-20-7-3-4-13-26-20/h3-9,12-16H,1-2H3,(H,28,29).